The molecule has 0 saturated carbocycles. The first-order valence-electron chi connectivity index (χ1n) is 6.39. The molecule has 0 aromatic carbocycles. The Labute approximate surface area is 124 Å². The first-order valence-corrected chi connectivity index (χ1v) is 7.83. The van der Waals surface area contributed by atoms with Crippen molar-refractivity contribution >= 4 is 10.0 Å². The van der Waals surface area contributed by atoms with E-state index in [1.807, 2.05) is 6.92 Å². The van der Waals surface area contributed by atoms with Crippen LogP contribution in [-0.4, -0.2) is 36.8 Å². The largest absolute Gasteiger partial charge is 0.447 e. The molecule has 7 nitrogen and oxygen atoms in total. The number of furan rings is 1. The van der Waals surface area contributed by atoms with E-state index in [1.165, 1.54) is 20.2 Å². The lowest BCUT2D eigenvalue weighted by Gasteiger charge is -2.07. The Bertz CT molecular complexity index is 692. The van der Waals surface area contributed by atoms with E-state index in [9.17, 15) is 8.42 Å². The van der Waals surface area contributed by atoms with Crippen molar-refractivity contribution in [2.24, 2.45) is 0 Å². The Hall–Kier alpha value is -1.77. The highest BCUT2D eigenvalue weighted by Gasteiger charge is 2.21. The van der Waals surface area contributed by atoms with Gasteiger partial charge in [0.1, 0.15) is 5.76 Å². The van der Waals surface area contributed by atoms with Gasteiger partial charge in [0.15, 0.2) is 0 Å². The van der Waals surface area contributed by atoms with Crippen LogP contribution >= 0.6 is 0 Å². The summed E-state index contributed by atoms with van der Waals surface area (Å²) in [6.45, 7) is 2.82. The zero-order valence-electron chi connectivity index (χ0n) is 12.2. The minimum Gasteiger partial charge on any atom is -0.447 e. The molecular weight excluding hydrogens is 292 g/mol. The van der Waals surface area contributed by atoms with Gasteiger partial charge in [0.2, 0.25) is 5.09 Å². The third-order valence-corrected chi connectivity index (χ3v) is 4.50. The highest BCUT2D eigenvalue weighted by molar-refractivity contribution is 7.88. The van der Waals surface area contributed by atoms with Gasteiger partial charge >= 0.3 is 0 Å². The molecule has 8 heteroatoms. The van der Waals surface area contributed by atoms with Crippen molar-refractivity contribution in [3.63, 3.8) is 0 Å². The summed E-state index contributed by atoms with van der Waals surface area (Å²) in [7, 11) is -0.593. The molecule has 2 rings (SSSR count). The molecule has 0 aliphatic heterocycles. The van der Waals surface area contributed by atoms with Crippen LogP contribution in [0.1, 0.15) is 17.1 Å². The van der Waals surface area contributed by atoms with Crippen LogP contribution in [0.15, 0.2) is 34.0 Å². The zero-order chi connectivity index (χ0) is 15.5. The summed E-state index contributed by atoms with van der Waals surface area (Å²) in [5.74, 6) is 0.551. The van der Waals surface area contributed by atoms with Crippen molar-refractivity contribution in [1.29, 1.82) is 0 Å². The lowest BCUT2D eigenvalue weighted by molar-refractivity contribution is 0.388. The van der Waals surface area contributed by atoms with Crippen molar-refractivity contribution in [2.45, 2.75) is 25.1 Å². The second-order valence-corrected chi connectivity index (χ2v) is 6.84. The van der Waals surface area contributed by atoms with Gasteiger partial charge in [0.25, 0.3) is 10.0 Å². The summed E-state index contributed by atoms with van der Waals surface area (Å²) in [6.07, 6.45) is 3.40. The number of hydrogen-bond donors (Lipinski definition) is 1. The Kier molecular flexibility index (Phi) is 4.71. The van der Waals surface area contributed by atoms with E-state index < -0.39 is 10.0 Å². The quantitative estimate of drug-likeness (QED) is 0.853. The van der Waals surface area contributed by atoms with Gasteiger partial charge in [-0.1, -0.05) is 0 Å². The first-order chi connectivity index (χ1) is 9.89. The topological polar surface area (TPSA) is 88.3 Å². The summed E-state index contributed by atoms with van der Waals surface area (Å²) in [6, 6.07) is 3.10. The van der Waals surface area contributed by atoms with E-state index in [1.54, 1.807) is 18.5 Å². The van der Waals surface area contributed by atoms with Crippen LogP contribution in [0.4, 0.5) is 0 Å². The number of nitrogens with one attached hydrogen (secondary N) is 1. The molecule has 0 unspecified atom stereocenters. The smallest absolute Gasteiger partial charge is 0.275 e. The molecule has 0 spiro atoms. The van der Waals surface area contributed by atoms with Crippen LogP contribution in [-0.2, 0) is 23.1 Å². The molecule has 2 aromatic rings. The fraction of sp³-hybridized carbons (Fsp3) is 0.385. The van der Waals surface area contributed by atoms with E-state index >= 15 is 0 Å². The molecule has 2 aromatic heterocycles. The summed E-state index contributed by atoms with van der Waals surface area (Å²) < 4.78 is 30.2. The average molecular weight is 310 g/mol. The van der Waals surface area contributed by atoms with Gasteiger partial charge in [-0.05, 0) is 19.1 Å². The SMILES string of the molecule is Cc1cnc(CNCc2ccc(S(=O)(=O)N(C)C)o2)cn1. The molecule has 0 saturated heterocycles. The van der Waals surface area contributed by atoms with Gasteiger partial charge in [-0.3, -0.25) is 9.97 Å². The molecule has 0 amide bonds. The second kappa shape index (κ2) is 6.33. The van der Waals surface area contributed by atoms with Crippen LogP contribution in [0.25, 0.3) is 0 Å². The van der Waals surface area contributed by atoms with Gasteiger partial charge in [0.05, 0.1) is 17.9 Å². The molecule has 2 heterocycles. The van der Waals surface area contributed by atoms with Crippen LogP contribution < -0.4 is 5.32 Å². The lowest BCUT2D eigenvalue weighted by Crippen LogP contribution is -2.21. The summed E-state index contributed by atoms with van der Waals surface area (Å²) in [4.78, 5) is 8.37. The summed E-state index contributed by atoms with van der Waals surface area (Å²) in [5, 5.41) is 3.07. The molecule has 0 aliphatic carbocycles. The van der Waals surface area contributed by atoms with Crippen molar-refractivity contribution in [1.82, 2.24) is 19.6 Å². The van der Waals surface area contributed by atoms with E-state index in [0.29, 0.717) is 18.8 Å². The molecule has 0 bridgehead atoms. The van der Waals surface area contributed by atoms with E-state index in [4.69, 9.17) is 4.42 Å². The highest BCUT2D eigenvalue weighted by atomic mass is 32.2. The van der Waals surface area contributed by atoms with Crippen LogP contribution in [0.3, 0.4) is 0 Å². The van der Waals surface area contributed by atoms with Gasteiger partial charge < -0.3 is 9.73 Å². The number of sulfonamides is 1. The number of aryl methyl sites for hydroxylation is 1. The number of nitrogens with zero attached hydrogens (tertiary/aromatic N) is 3. The van der Waals surface area contributed by atoms with Crippen LogP contribution in [0, 0.1) is 6.92 Å². The van der Waals surface area contributed by atoms with Crippen LogP contribution in [0.2, 0.25) is 0 Å². The molecule has 21 heavy (non-hydrogen) atoms. The van der Waals surface area contributed by atoms with Gasteiger partial charge in [-0.2, -0.15) is 0 Å². The predicted octanol–water partition coefficient (Wildman–Crippen LogP) is 0.918. The normalized spacial score (nSPS) is 12.0. The molecule has 1 N–H and O–H groups in total. The highest BCUT2D eigenvalue weighted by Crippen LogP contribution is 2.16. The minimum absolute atomic E-state index is 0.0561. The molecule has 0 aliphatic rings. The molecule has 0 fully saturated rings. The fourth-order valence-corrected chi connectivity index (χ4v) is 2.41. The maximum atomic E-state index is 11.9. The number of rotatable bonds is 6. The monoisotopic (exact) mass is 310 g/mol. The fourth-order valence-electron chi connectivity index (χ4n) is 1.60. The summed E-state index contributed by atoms with van der Waals surface area (Å²) in [5.41, 5.74) is 1.68. The number of aromatic nitrogens is 2. The molecular formula is C13H18N4O3S. The van der Waals surface area contributed by atoms with E-state index in [2.05, 4.69) is 15.3 Å². The van der Waals surface area contributed by atoms with E-state index in [-0.39, 0.29) is 5.09 Å². The van der Waals surface area contributed by atoms with E-state index in [0.717, 1.165) is 15.7 Å². The Morgan fingerprint density at radius 2 is 1.95 bits per heavy atom. The predicted molar refractivity (Wildman–Crippen MR) is 76.9 cm³/mol. The second-order valence-electron chi connectivity index (χ2n) is 4.76. The standard InChI is InChI=1S/C13H18N4O3S/c1-10-6-16-11(8-15-10)7-14-9-12-4-5-13(20-12)21(18,19)17(2)3/h4-6,8,14H,7,9H2,1-3H3. The zero-order valence-corrected chi connectivity index (χ0v) is 13.0. The van der Waals surface area contributed by atoms with Gasteiger partial charge in [-0.25, -0.2) is 12.7 Å². The summed E-state index contributed by atoms with van der Waals surface area (Å²) >= 11 is 0. The van der Waals surface area contributed by atoms with Crippen molar-refractivity contribution in [3.05, 3.63) is 41.7 Å². The van der Waals surface area contributed by atoms with Crippen molar-refractivity contribution in [2.75, 3.05) is 14.1 Å². The average Bonchev–Trinajstić information content (AvgIpc) is 2.90. The Morgan fingerprint density at radius 3 is 2.57 bits per heavy atom. The maximum Gasteiger partial charge on any atom is 0.275 e. The van der Waals surface area contributed by atoms with Crippen molar-refractivity contribution < 1.29 is 12.8 Å². The minimum atomic E-state index is -3.52. The van der Waals surface area contributed by atoms with Gasteiger partial charge in [-0.15, -0.1) is 0 Å². The Morgan fingerprint density at radius 1 is 1.19 bits per heavy atom. The number of hydrogen-bond acceptors (Lipinski definition) is 6. The van der Waals surface area contributed by atoms with Crippen molar-refractivity contribution in [3.8, 4) is 0 Å². The first kappa shape index (κ1) is 15.6. The molecule has 114 valence electrons. The van der Waals surface area contributed by atoms with Gasteiger partial charge in [0, 0.05) is 33.0 Å². The maximum absolute atomic E-state index is 11.9. The Balaban J connectivity index is 1.93. The molecule has 0 atom stereocenters. The lowest BCUT2D eigenvalue weighted by atomic mass is 10.4. The molecule has 0 radical (unpaired) electrons. The third-order valence-electron chi connectivity index (χ3n) is 2.81. The third kappa shape index (κ3) is 3.87. The van der Waals surface area contributed by atoms with Crippen LogP contribution in [0.5, 0.6) is 0 Å².